The molecule has 2 amide bonds. The average molecular weight is 707 g/mol. The van der Waals surface area contributed by atoms with Crippen molar-refractivity contribution < 1.29 is 19.1 Å². The zero-order valence-corrected chi connectivity index (χ0v) is 29.4. The summed E-state index contributed by atoms with van der Waals surface area (Å²) in [5.74, 6) is 1.16. The molecule has 1 aliphatic heterocycles. The quantitative estimate of drug-likeness (QED) is 0.157. The third kappa shape index (κ3) is 8.63. The first kappa shape index (κ1) is 34.7. The number of nitrogens with zero attached hydrogens (tertiary/aromatic N) is 2. The standard InChI is InChI=1S/C36H40Cl4N2O4/c1-22(2)29-13-14-41(36(29)44)20-26(35(43)42(27-9-10-27)21-25-5-4-6-30(37)33(25)40)19-24-7-11-28(12-8-24)45-15-16-46-34-31(38)17-23(3)18-32(34)39/h4-8,11-12,17-18,22,26-27,29H,9-10,13-16,19-21H2,1-3H3/t26?,29-/m1/s1. The highest BCUT2D eigenvalue weighted by molar-refractivity contribution is 6.42. The number of carbonyl (C=O) groups excluding carboxylic acids is 2. The molecule has 1 saturated heterocycles. The molecular formula is C36H40Cl4N2O4. The Hall–Kier alpha value is -2.64. The number of ether oxygens (including phenoxy) is 2. The molecule has 3 aromatic rings. The fraction of sp³-hybridized carbons (Fsp3) is 0.444. The van der Waals surface area contributed by atoms with Gasteiger partial charge in [-0.15, -0.1) is 0 Å². The van der Waals surface area contributed by atoms with Crippen LogP contribution < -0.4 is 9.47 Å². The maximum Gasteiger partial charge on any atom is 0.228 e. The van der Waals surface area contributed by atoms with E-state index in [9.17, 15) is 9.59 Å². The van der Waals surface area contributed by atoms with Gasteiger partial charge >= 0.3 is 0 Å². The summed E-state index contributed by atoms with van der Waals surface area (Å²) >= 11 is 25.4. The lowest BCUT2D eigenvalue weighted by Crippen LogP contribution is -2.44. The van der Waals surface area contributed by atoms with E-state index in [1.807, 2.05) is 53.1 Å². The molecule has 1 heterocycles. The highest BCUT2D eigenvalue weighted by atomic mass is 35.5. The number of hydrogen-bond donors (Lipinski definition) is 0. The van der Waals surface area contributed by atoms with Gasteiger partial charge in [0.25, 0.3) is 0 Å². The van der Waals surface area contributed by atoms with Crippen LogP contribution in [0.2, 0.25) is 20.1 Å². The van der Waals surface area contributed by atoms with Gasteiger partial charge in [0.05, 0.1) is 26.0 Å². The summed E-state index contributed by atoms with van der Waals surface area (Å²) in [6, 6.07) is 17.0. The van der Waals surface area contributed by atoms with Crippen molar-refractivity contribution in [3.8, 4) is 11.5 Å². The van der Waals surface area contributed by atoms with E-state index in [1.54, 1.807) is 18.2 Å². The highest BCUT2D eigenvalue weighted by Crippen LogP contribution is 2.36. The molecule has 246 valence electrons. The summed E-state index contributed by atoms with van der Waals surface area (Å²) in [4.78, 5) is 31.4. The van der Waals surface area contributed by atoms with E-state index in [2.05, 4.69) is 13.8 Å². The van der Waals surface area contributed by atoms with E-state index in [1.165, 1.54) is 0 Å². The zero-order chi connectivity index (χ0) is 33.0. The number of halogens is 4. The first-order valence-corrected chi connectivity index (χ1v) is 17.3. The molecule has 10 heteroatoms. The van der Waals surface area contributed by atoms with Gasteiger partial charge in [0.2, 0.25) is 11.8 Å². The predicted molar refractivity (Wildman–Crippen MR) is 185 cm³/mol. The maximum atomic E-state index is 14.3. The molecule has 0 bridgehead atoms. The van der Waals surface area contributed by atoms with Gasteiger partial charge in [-0.1, -0.05) is 84.5 Å². The van der Waals surface area contributed by atoms with Crippen LogP contribution in [0, 0.1) is 24.7 Å². The van der Waals surface area contributed by atoms with Crippen LogP contribution in [0.4, 0.5) is 0 Å². The number of carbonyl (C=O) groups is 2. The Bertz CT molecular complexity index is 1520. The van der Waals surface area contributed by atoms with Gasteiger partial charge in [-0.25, -0.2) is 0 Å². The van der Waals surface area contributed by atoms with Crippen LogP contribution >= 0.6 is 46.4 Å². The Morgan fingerprint density at radius 1 is 0.935 bits per heavy atom. The van der Waals surface area contributed by atoms with Crippen molar-refractivity contribution in [2.45, 2.75) is 59.0 Å². The van der Waals surface area contributed by atoms with Crippen molar-refractivity contribution >= 4 is 58.2 Å². The zero-order valence-electron chi connectivity index (χ0n) is 26.4. The minimum atomic E-state index is -0.405. The molecule has 46 heavy (non-hydrogen) atoms. The van der Waals surface area contributed by atoms with E-state index < -0.39 is 5.92 Å². The summed E-state index contributed by atoms with van der Waals surface area (Å²) in [6.07, 6.45) is 3.22. The maximum absolute atomic E-state index is 14.3. The van der Waals surface area contributed by atoms with Gasteiger partial charge in [-0.3, -0.25) is 9.59 Å². The van der Waals surface area contributed by atoms with Gasteiger partial charge in [-0.05, 0) is 85.5 Å². The summed E-state index contributed by atoms with van der Waals surface area (Å²) in [6.45, 7) is 8.10. The monoisotopic (exact) mass is 704 g/mol. The normalized spacial score (nSPS) is 17.0. The molecule has 0 spiro atoms. The lowest BCUT2D eigenvalue weighted by Gasteiger charge is -2.31. The van der Waals surface area contributed by atoms with E-state index >= 15 is 0 Å². The molecule has 6 nitrogen and oxygen atoms in total. The molecule has 2 aliphatic rings. The molecule has 0 aromatic heterocycles. The molecular weight excluding hydrogens is 666 g/mol. The number of rotatable bonds is 14. The fourth-order valence-electron chi connectivity index (χ4n) is 6.05. The topological polar surface area (TPSA) is 59.1 Å². The Labute approximate surface area is 291 Å². The van der Waals surface area contributed by atoms with E-state index in [-0.39, 0.29) is 36.3 Å². The van der Waals surface area contributed by atoms with Crippen molar-refractivity contribution in [3.63, 3.8) is 0 Å². The lowest BCUT2D eigenvalue weighted by molar-refractivity contribution is -0.139. The van der Waals surface area contributed by atoms with Crippen LogP contribution in [0.5, 0.6) is 11.5 Å². The molecule has 2 atom stereocenters. The van der Waals surface area contributed by atoms with Crippen LogP contribution in [-0.4, -0.2) is 54.0 Å². The van der Waals surface area contributed by atoms with Crippen molar-refractivity contribution in [1.82, 2.24) is 9.80 Å². The SMILES string of the molecule is Cc1cc(Cl)c(OCCOc2ccc(CC(CN3CC[C@H](C(C)C)C3=O)C(=O)N(Cc3cccc(Cl)c3Cl)C3CC3)cc2)c(Cl)c1. The molecule has 1 saturated carbocycles. The van der Waals surface area contributed by atoms with Crippen molar-refractivity contribution in [2.24, 2.45) is 17.8 Å². The van der Waals surface area contributed by atoms with E-state index in [4.69, 9.17) is 55.9 Å². The third-order valence-electron chi connectivity index (χ3n) is 8.72. The number of hydrogen-bond acceptors (Lipinski definition) is 4. The minimum absolute atomic E-state index is 0.000903. The second kappa shape index (κ2) is 15.5. The third-order valence-corrected chi connectivity index (χ3v) is 10.1. The second-order valence-electron chi connectivity index (χ2n) is 12.6. The van der Waals surface area contributed by atoms with Gasteiger partial charge in [-0.2, -0.15) is 0 Å². The predicted octanol–water partition coefficient (Wildman–Crippen LogP) is 8.92. The van der Waals surface area contributed by atoms with Crippen LogP contribution in [-0.2, 0) is 22.6 Å². The van der Waals surface area contributed by atoms with Gasteiger partial charge in [0.15, 0.2) is 5.75 Å². The van der Waals surface area contributed by atoms with E-state index in [0.29, 0.717) is 64.3 Å². The Balaban J connectivity index is 1.26. The number of amides is 2. The van der Waals surface area contributed by atoms with Gasteiger partial charge in [0.1, 0.15) is 19.0 Å². The molecule has 1 unspecified atom stereocenters. The van der Waals surface area contributed by atoms with Crippen LogP contribution in [0.3, 0.4) is 0 Å². The van der Waals surface area contributed by atoms with Gasteiger partial charge < -0.3 is 19.3 Å². The molecule has 2 fully saturated rings. The minimum Gasteiger partial charge on any atom is -0.490 e. The number of benzene rings is 3. The first-order chi connectivity index (χ1) is 22.0. The summed E-state index contributed by atoms with van der Waals surface area (Å²) < 4.78 is 11.7. The molecule has 5 rings (SSSR count). The Morgan fingerprint density at radius 3 is 2.24 bits per heavy atom. The average Bonchev–Trinajstić information content (AvgIpc) is 3.79. The van der Waals surface area contributed by atoms with Crippen molar-refractivity contribution in [3.05, 3.63) is 91.4 Å². The summed E-state index contributed by atoms with van der Waals surface area (Å²) in [5.41, 5.74) is 2.77. The van der Waals surface area contributed by atoms with Crippen LogP contribution in [0.25, 0.3) is 0 Å². The highest BCUT2D eigenvalue weighted by Gasteiger charge is 2.40. The van der Waals surface area contributed by atoms with Gasteiger partial charge in [0, 0.05) is 31.6 Å². The second-order valence-corrected chi connectivity index (χ2v) is 14.2. The van der Waals surface area contributed by atoms with Crippen LogP contribution in [0.15, 0.2) is 54.6 Å². The van der Waals surface area contributed by atoms with Crippen molar-refractivity contribution in [2.75, 3.05) is 26.3 Å². The largest absolute Gasteiger partial charge is 0.490 e. The number of likely N-dealkylation sites (tertiary alicyclic amines) is 1. The van der Waals surface area contributed by atoms with Crippen molar-refractivity contribution in [1.29, 1.82) is 0 Å². The van der Waals surface area contributed by atoms with E-state index in [0.717, 1.165) is 36.0 Å². The molecule has 1 aliphatic carbocycles. The Morgan fingerprint density at radius 2 is 1.61 bits per heavy atom. The summed E-state index contributed by atoms with van der Waals surface area (Å²) in [7, 11) is 0. The first-order valence-electron chi connectivity index (χ1n) is 15.8. The number of aryl methyl sites for hydroxylation is 1. The summed E-state index contributed by atoms with van der Waals surface area (Å²) in [5, 5.41) is 1.87. The fourth-order valence-corrected chi connectivity index (χ4v) is 7.14. The molecule has 3 aromatic carbocycles. The lowest BCUT2D eigenvalue weighted by atomic mass is 9.94. The van der Waals surface area contributed by atoms with Crippen LogP contribution in [0.1, 0.15) is 49.8 Å². The smallest absolute Gasteiger partial charge is 0.228 e. The molecule has 0 radical (unpaired) electrons. The molecule has 0 N–H and O–H groups in total. The Kier molecular flexibility index (Phi) is 11.7.